The van der Waals surface area contributed by atoms with E-state index in [-0.39, 0.29) is 24.3 Å². The molecule has 0 aliphatic heterocycles. The maximum absolute atomic E-state index is 11.6. The highest BCUT2D eigenvalue weighted by atomic mass is 16.6. The van der Waals surface area contributed by atoms with Crippen LogP contribution in [0.4, 0.5) is 4.79 Å². The Morgan fingerprint density at radius 1 is 1.35 bits per heavy atom. The molecule has 1 rings (SSSR count). The molecule has 1 aliphatic rings. The molecule has 1 fully saturated rings. The highest BCUT2D eigenvalue weighted by Gasteiger charge is 2.31. The SMILES string of the molecule is COC1CC(N)CCC1NC(=O)OC(C)(C)C. The standard InChI is InChI=1S/C12H24N2O3/c1-12(2,3)17-11(15)14-9-6-5-8(13)7-10(9)16-4/h8-10H,5-7,13H2,1-4H3,(H,14,15). The third-order valence-corrected chi connectivity index (χ3v) is 2.84. The van der Waals surface area contributed by atoms with E-state index in [0.29, 0.717) is 0 Å². The Morgan fingerprint density at radius 2 is 2.00 bits per heavy atom. The molecule has 5 nitrogen and oxygen atoms in total. The Balaban J connectivity index is 2.47. The highest BCUT2D eigenvalue weighted by molar-refractivity contribution is 5.68. The second kappa shape index (κ2) is 5.69. The van der Waals surface area contributed by atoms with Crippen molar-refractivity contribution in [1.29, 1.82) is 0 Å². The van der Waals surface area contributed by atoms with E-state index < -0.39 is 5.60 Å². The van der Waals surface area contributed by atoms with E-state index in [2.05, 4.69) is 5.32 Å². The normalized spacial score (nSPS) is 29.8. The van der Waals surface area contributed by atoms with E-state index in [1.807, 2.05) is 20.8 Å². The van der Waals surface area contributed by atoms with Crippen LogP contribution >= 0.6 is 0 Å². The van der Waals surface area contributed by atoms with Crippen LogP contribution in [0.1, 0.15) is 40.0 Å². The molecule has 0 spiro atoms. The Hall–Kier alpha value is -0.810. The van der Waals surface area contributed by atoms with Crippen molar-refractivity contribution in [2.24, 2.45) is 5.73 Å². The van der Waals surface area contributed by atoms with Crippen LogP contribution in [0.2, 0.25) is 0 Å². The van der Waals surface area contributed by atoms with Gasteiger partial charge in [-0.1, -0.05) is 0 Å². The number of nitrogens with two attached hydrogens (primary N) is 1. The minimum Gasteiger partial charge on any atom is -0.444 e. The lowest BCUT2D eigenvalue weighted by atomic mass is 9.89. The first-order chi connectivity index (χ1) is 7.81. The molecule has 0 heterocycles. The van der Waals surface area contributed by atoms with Gasteiger partial charge in [-0.05, 0) is 40.0 Å². The van der Waals surface area contributed by atoms with Crippen molar-refractivity contribution in [3.8, 4) is 0 Å². The maximum Gasteiger partial charge on any atom is 0.407 e. The van der Waals surface area contributed by atoms with E-state index in [4.69, 9.17) is 15.2 Å². The second-order valence-corrected chi connectivity index (χ2v) is 5.60. The average molecular weight is 244 g/mol. The third-order valence-electron chi connectivity index (χ3n) is 2.84. The molecule has 17 heavy (non-hydrogen) atoms. The minimum absolute atomic E-state index is 0.00495. The van der Waals surface area contributed by atoms with Crippen LogP contribution in [-0.2, 0) is 9.47 Å². The zero-order valence-electron chi connectivity index (χ0n) is 11.2. The van der Waals surface area contributed by atoms with Crippen LogP contribution in [0.15, 0.2) is 0 Å². The van der Waals surface area contributed by atoms with Gasteiger partial charge in [0, 0.05) is 13.2 Å². The van der Waals surface area contributed by atoms with E-state index in [9.17, 15) is 4.79 Å². The molecular formula is C12H24N2O3. The Kier molecular flexibility index (Phi) is 4.77. The van der Waals surface area contributed by atoms with Crippen LogP contribution in [0.3, 0.4) is 0 Å². The van der Waals surface area contributed by atoms with E-state index in [1.165, 1.54) is 0 Å². The number of hydrogen-bond acceptors (Lipinski definition) is 4. The quantitative estimate of drug-likeness (QED) is 0.770. The molecule has 0 aromatic rings. The topological polar surface area (TPSA) is 73.6 Å². The lowest BCUT2D eigenvalue weighted by Crippen LogP contribution is -2.51. The molecule has 0 aromatic heterocycles. The summed E-state index contributed by atoms with van der Waals surface area (Å²) in [5.41, 5.74) is 5.40. The van der Waals surface area contributed by atoms with Crippen LogP contribution in [0.25, 0.3) is 0 Å². The summed E-state index contributed by atoms with van der Waals surface area (Å²) in [6.45, 7) is 5.53. The maximum atomic E-state index is 11.6. The van der Waals surface area contributed by atoms with Gasteiger partial charge in [0.25, 0.3) is 0 Å². The summed E-state index contributed by atoms with van der Waals surface area (Å²) < 4.78 is 10.6. The molecule has 0 aromatic carbocycles. The van der Waals surface area contributed by atoms with E-state index >= 15 is 0 Å². The molecule has 5 heteroatoms. The van der Waals surface area contributed by atoms with Gasteiger partial charge in [-0.2, -0.15) is 0 Å². The number of carbonyl (C=O) groups is 1. The molecule has 100 valence electrons. The number of alkyl carbamates (subject to hydrolysis) is 1. The number of methoxy groups -OCH3 is 1. The number of hydrogen-bond donors (Lipinski definition) is 2. The predicted octanol–water partition coefficient (Wildman–Crippen LogP) is 1.41. The average Bonchev–Trinajstić information content (AvgIpc) is 2.17. The fourth-order valence-corrected chi connectivity index (χ4v) is 2.04. The first-order valence-corrected chi connectivity index (χ1v) is 6.09. The molecule has 1 saturated carbocycles. The molecule has 0 radical (unpaired) electrons. The fourth-order valence-electron chi connectivity index (χ4n) is 2.04. The van der Waals surface area contributed by atoms with Gasteiger partial charge in [0.15, 0.2) is 0 Å². The van der Waals surface area contributed by atoms with Crippen molar-refractivity contribution in [2.75, 3.05) is 7.11 Å². The minimum atomic E-state index is -0.474. The molecule has 3 N–H and O–H groups in total. The summed E-state index contributed by atoms with van der Waals surface area (Å²) in [5.74, 6) is 0. The van der Waals surface area contributed by atoms with Crippen LogP contribution in [0.5, 0.6) is 0 Å². The number of carbonyl (C=O) groups excluding carboxylic acids is 1. The Labute approximate surface area is 103 Å². The van der Waals surface area contributed by atoms with E-state index in [0.717, 1.165) is 19.3 Å². The molecular weight excluding hydrogens is 220 g/mol. The van der Waals surface area contributed by atoms with Crippen molar-refractivity contribution in [2.45, 2.75) is 63.8 Å². The van der Waals surface area contributed by atoms with Crippen molar-refractivity contribution in [3.63, 3.8) is 0 Å². The largest absolute Gasteiger partial charge is 0.444 e. The van der Waals surface area contributed by atoms with Crippen molar-refractivity contribution in [1.82, 2.24) is 5.32 Å². The predicted molar refractivity (Wildman–Crippen MR) is 65.8 cm³/mol. The number of amides is 1. The smallest absolute Gasteiger partial charge is 0.407 e. The van der Waals surface area contributed by atoms with Gasteiger partial charge >= 0.3 is 6.09 Å². The summed E-state index contributed by atoms with van der Waals surface area (Å²) >= 11 is 0. The summed E-state index contributed by atoms with van der Waals surface area (Å²) in [4.78, 5) is 11.6. The Morgan fingerprint density at radius 3 is 2.53 bits per heavy atom. The van der Waals surface area contributed by atoms with Crippen LogP contribution in [0, 0.1) is 0 Å². The van der Waals surface area contributed by atoms with Gasteiger partial charge in [-0.15, -0.1) is 0 Å². The molecule has 1 amide bonds. The molecule has 3 atom stereocenters. The first kappa shape index (κ1) is 14.3. The lowest BCUT2D eigenvalue weighted by molar-refractivity contribution is 0.0178. The number of nitrogens with one attached hydrogen (secondary N) is 1. The van der Waals surface area contributed by atoms with Crippen LogP contribution in [-0.4, -0.2) is 37.0 Å². The zero-order chi connectivity index (χ0) is 13.1. The lowest BCUT2D eigenvalue weighted by Gasteiger charge is -2.34. The highest BCUT2D eigenvalue weighted by Crippen LogP contribution is 2.20. The molecule has 1 aliphatic carbocycles. The monoisotopic (exact) mass is 244 g/mol. The van der Waals surface area contributed by atoms with Crippen LogP contribution < -0.4 is 11.1 Å². The molecule has 0 bridgehead atoms. The molecule has 3 unspecified atom stereocenters. The van der Waals surface area contributed by atoms with Gasteiger partial charge in [-0.3, -0.25) is 0 Å². The van der Waals surface area contributed by atoms with Gasteiger partial charge in [0.05, 0.1) is 12.1 Å². The van der Waals surface area contributed by atoms with Crippen molar-refractivity contribution < 1.29 is 14.3 Å². The Bertz CT molecular complexity index is 263. The summed E-state index contributed by atoms with van der Waals surface area (Å²) in [7, 11) is 1.65. The summed E-state index contributed by atoms with van der Waals surface area (Å²) in [6, 6.07) is 0.159. The third kappa shape index (κ3) is 4.91. The molecule has 0 saturated heterocycles. The fraction of sp³-hybridized carbons (Fsp3) is 0.917. The summed E-state index contributed by atoms with van der Waals surface area (Å²) in [5, 5.41) is 2.86. The number of ether oxygens (including phenoxy) is 2. The van der Waals surface area contributed by atoms with Gasteiger partial charge in [0.1, 0.15) is 5.60 Å². The van der Waals surface area contributed by atoms with Gasteiger partial charge < -0.3 is 20.5 Å². The number of rotatable bonds is 2. The van der Waals surface area contributed by atoms with Crippen molar-refractivity contribution >= 4 is 6.09 Å². The van der Waals surface area contributed by atoms with Crippen molar-refractivity contribution in [3.05, 3.63) is 0 Å². The van der Waals surface area contributed by atoms with E-state index in [1.54, 1.807) is 7.11 Å². The summed E-state index contributed by atoms with van der Waals surface area (Å²) in [6.07, 6.45) is 2.10. The van der Waals surface area contributed by atoms with Gasteiger partial charge in [-0.25, -0.2) is 4.79 Å². The zero-order valence-corrected chi connectivity index (χ0v) is 11.2. The van der Waals surface area contributed by atoms with Gasteiger partial charge in [0.2, 0.25) is 0 Å². The first-order valence-electron chi connectivity index (χ1n) is 6.09. The second-order valence-electron chi connectivity index (χ2n) is 5.60.